The summed E-state index contributed by atoms with van der Waals surface area (Å²) in [6.07, 6.45) is 9.03. The minimum absolute atomic E-state index is 0.0856. The van der Waals surface area contributed by atoms with Crippen LogP contribution in [0.5, 0.6) is 0 Å². The van der Waals surface area contributed by atoms with Crippen molar-refractivity contribution in [1.82, 2.24) is 4.98 Å². The maximum atomic E-state index is 12.3. The van der Waals surface area contributed by atoms with E-state index in [1.807, 2.05) is 36.2 Å². The van der Waals surface area contributed by atoms with Crippen LogP contribution in [0.3, 0.4) is 0 Å². The zero-order valence-electron chi connectivity index (χ0n) is 11.1. The van der Waals surface area contributed by atoms with E-state index in [9.17, 15) is 4.79 Å². The van der Waals surface area contributed by atoms with Gasteiger partial charge >= 0.3 is 0 Å². The first kappa shape index (κ1) is 13.3. The molecule has 1 aromatic rings. The minimum Gasteiger partial charge on any atom is -0.459 e. The first-order chi connectivity index (χ1) is 10.2. The van der Waals surface area contributed by atoms with Gasteiger partial charge in [0.05, 0.1) is 5.92 Å². The lowest BCUT2D eigenvalue weighted by Crippen LogP contribution is -2.23. The van der Waals surface area contributed by atoms with Gasteiger partial charge in [0.15, 0.2) is 11.5 Å². The second kappa shape index (κ2) is 5.14. The lowest BCUT2D eigenvalue weighted by molar-refractivity contribution is -0.118. The number of aromatic nitrogens is 1. The molecule has 1 unspecified atom stereocenters. The van der Waals surface area contributed by atoms with Gasteiger partial charge in [-0.2, -0.15) is 0 Å². The van der Waals surface area contributed by atoms with Crippen molar-refractivity contribution in [3.8, 4) is 0 Å². The Morgan fingerprint density at radius 1 is 1.38 bits per heavy atom. The Kier molecular flexibility index (Phi) is 3.27. The van der Waals surface area contributed by atoms with Crippen LogP contribution in [-0.2, 0) is 16.0 Å². The van der Waals surface area contributed by atoms with Crippen molar-refractivity contribution in [1.29, 1.82) is 0 Å². The largest absolute Gasteiger partial charge is 0.459 e. The summed E-state index contributed by atoms with van der Waals surface area (Å²) in [6.45, 7) is 0. The highest BCUT2D eigenvalue weighted by Crippen LogP contribution is 2.38. The molecule has 5 heteroatoms. The van der Waals surface area contributed by atoms with E-state index in [0.29, 0.717) is 12.2 Å². The van der Waals surface area contributed by atoms with Crippen molar-refractivity contribution in [2.45, 2.75) is 17.7 Å². The number of fused-ring (bicyclic) bond motifs is 2. The summed E-state index contributed by atoms with van der Waals surface area (Å²) in [4.78, 5) is 18.0. The summed E-state index contributed by atoms with van der Waals surface area (Å²) in [5, 5.41) is 0. The number of ketones is 1. The van der Waals surface area contributed by atoms with E-state index in [4.69, 9.17) is 4.74 Å². The first-order valence-corrected chi connectivity index (χ1v) is 8.60. The van der Waals surface area contributed by atoms with Gasteiger partial charge in [-0.1, -0.05) is 15.9 Å². The predicted molar refractivity (Wildman–Crippen MR) is 85.9 cm³/mol. The number of hydrogen-bond donors (Lipinski definition) is 0. The number of hydrogen-bond acceptors (Lipinski definition) is 4. The van der Waals surface area contributed by atoms with Crippen LogP contribution in [0.15, 0.2) is 45.6 Å². The quantitative estimate of drug-likeness (QED) is 0.761. The highest BCUT2D eigenvalue weighted by Gasteiger charge is 2.32. The number of carbonyl (C=O) groups excluding carboxylic acids is 1. The molecule has 1 aliphatic carbocycles. The first-order valence-electron chi connectivity index (χ1n) is 6.82. The minimum atomic E-state index is -0.197. The molecule has 3 aliphatic rings. The van der Waals surface area contributed by atoms with Gasteiger partial charge in [-0.15, -0.1) is 11.8 Å². The normalized spacial score (nSPS) is 23.6. The molecule has 0 aromatic carbocycles. The van der Waals surface area contributed by atoms with Crippen LogP contribution in [0.25, 0.3) is 5.76 Å². The number of allylic oxidation sites excluding steroid dienone is 5. The monoisotopic (exact) mass is 361 g/mol. The Hall–Kier alpha value is -1.33. The van der Waals surface area contributed by atoms with Crippen molar-refractivity contribution in [3.05, 3.63) is 52.0 Å². The Balaban J connectivity index is 1.70. The molecule has 3 heterocycles. The van der Waals surface area contributed by atoms with E-state index in [-0.39, 0.29) is 11.7 Å². The Bertz CT molecular complexity index is 736. The number of halogens is 1. The van der Waals surface area contributed by atoms with Crippen molar-refractivity contribution < 1.29 is 9.53 Å². The number of carbonyl (C=O) groups is 1. The summed E-state index contributed by atoms with van der Waals surface area (Å²) < 4.78 is 6.94. The van der Waals surface area contributed by atoms with E-state index < -0.39 is 0 Å². The molecule has 4 rings (SSSR count). The van der Waals surface area contributed by atoms with Gasteiger partial charge in [-0.05, 0) is 41.1 Å². The van der Waals surface area contributed by atoms with Crippen molar-refractivity contribution in [2.75, 3.05) is 5.75 Å². The van der Waals surface area contributed by atoms with Crippen molar-refractivity contribution >= 4 is 39.2 Å². The zero-order valence-corrected chi connectivity index (χ0v) is 13.5. The van der Waals surface area contributed by atoms with Gasteiger partial charge in [-0.25, -0.2) is 0 Å². The summed E-state index contributed by atoms with van der Waals surface area (Å²) in [6, 6.07) is 2.03. The van der Waals surface area contributed by atoms with Gasteiger partial charge < -0.3 is 4.74 Å². The van der Waals surface area contributed by atoms with E-state index in [0.717, 1.165) is 28.1 Å². The van der Waals surface area contributed by atoms with Gasteiger partial charge in [-0.3, -0.25) is 9.78 Å². The third kappa shape index (κ3) is 2.38. The average Bonchev–Trinajstić information content (AvgIpc) is 2.95. The average molecular weight is 362 g/mol. The molecule has 21 heavy (non-hydrogen) atoms. The fraction of sp³-hybridized carbons (Fsp3) is 0.250. The standard InChI is InChI=1S/C16H12BrNO2S/c17-10-1-2-14-11(5-10)13(19)7-15(20-14)12-6-16-9(8-18-12)3-4-21-16/h1-2,6-8,11H,3-5H2. The molecule has 2 aliphatic heterocycles. The third-order valence-corrected chi connectivity index (χ3v) is 5.53. The Morgan fingerprint density at radius 3 is 3.19 bits per heavy atom. The highest BCUT2D eigenvalue weighted by molar-refractivity contribution is 9.11. The predicted octanol–water partition coefficient (Wildman–Crippen LogP) is 3.85. The van der Waals surface area contributed by atoms with Crippen molar-refractivity contribution in [3.63, 3.8) is 0 Å². The van der Waals surface area contributed by atoms with Crippen LogP contribution >= 0.6 is 27.7 Å². The summed E-state index contributed by atoms with van der Waals surface area (Å²) >= 11 is 5.28. The van der Waals surface area contributed by atoms with Crippen LogP contribution in [0.4, 0.5) is 0 Å². The second-order valence-corrected chi connectivity index (χ2v) is 7.38. The lowest BCUT2D eigenvalue weighted by atomic mass is 9.91. The number of nitrogens with zero attached hydrogens (tertiary/aromatic N) is 1. The molecule has 1 aromatic heterocycles. The van der Waals surface area contributed by atoms with Crippen LogP contribution in [0.2, 0.25) is 0 Å². The van der Waals surface area contributed by atoms with E-state index in [1.165, 1.54) is 10.5 Å². The molecule has 0 bridgehead atoms. The number of thioether (sulfide) groups is 1. The zero-order chi connectivity index (χ0) is 14.4. The smallest absolute Gasteiger partial charge is 0.170 e. The fourth-order valence-electron chi connectivity index (χ4n) is 2.70. The number of ether oxygens (including phenoxy) is 1. The van der Waals surface area contributed by atoms with Crippen molar-refractivity contribution in [2.24, 2.45) is 5.92 Å². The molecule has 3 nitrogen and oxygen atoms in total. The van der Waals surface area contributed by atoms with Crippen LogP contribution in [0, 0.1) is 5.92 Å². The molecule has 1 atom stereocenters. The SMILES string of the molecule is O=C1C=C(c2cc3c(cn2)CCS3)OC2=CC=C(Br)CC12. The lowest BCUT2D eigenvalue weighted by Gasteiger charge is -2.26. The summed E-state index contributed by atoms with van der Waals surface area (Å²) in [5.74, 6) is 2.27. The molecule has 0 amide bonds. The Morgan fingerprint density at radius 2 is 2.29 bits per heavy atom. The molecule has 0 fully saturated rings. The van der Waals surface area contributed by atoms with Crippen LogP contribution in [-0.4, -0.2) is 16.5 Å². The van der Waals surface area contributed by atoms with Crippen LogP contribution < -0.4 is 0 Å². The molecule has 0 N–H and O–H groups in total. The molecule has 0 spiro atoms. The number of rotatable bonds is 1. The summed E-state index contributed by atoms with van der Waals surface area (Å²) in [5.41, 5.74) is 2.03. The molecular weight excluding hydrogens is 350 g/mol. The highest BCUT2D eigenvalue weighted by atomic mass is 79.9. The van der Waals surface area contributed by atoms with Crippen LogP contribution in [0.1, 0.15) is 17.7 Å². The third-order valence-electron chi connectivity index (χ3n) is 3.84. The van der Waals surface area contributed by atoms with E-state index in [2.05, 4.69) is 20.9 Å². The topological polar surface area (TPSA) is 39.2 Å². The Labute approximate surface area is 135 Å². The second-order valence-electron chi connectivity index (χ2n) is 5.23. The number of pyridine rings is 1. The van der Waals surface area contributed by atoms with Gasteiger partial charge in [0.25, 0.3) is 0 Å². The van der Waals surface area contributed by atoms with Gasteiger partial charge in [0, 0.05) is 22.9 Å². The maximum absolute atomic E-state index is 12.3. The molecule has 106 valence electrons. The van der Waals surface area contributed by atoms with Gasteiger partial charge in [0.1, 0.15) is 11.5 Å². The fourth-order valence-corrected chi connectivity index (χ4v) is 4.24. The van der Waals surface area contributed by atoms with E-state index >= 15 is 0 Å². The summed E-state index contributed by atoms with van der Waals surface area (Å²) in [7, 11) is 0. The van der Waals surface area contributed by atoms with E-state index in [1.54, 1.807) is 6.08 Å². The molecule has 0 saturated heterocycles. The number of aryl methyl sites for hydroxylation is 1. The molecular formula is C16H12BrNO2S. The molecule has 0 saturated carbocycles. The maximum Gasteiger partial charge on any atom is 0.170 e. The molecule has 0 radical (unpaired) electrons. The van der Waals surface area contributed by atoms with Gasteiger partial charge in [0.2, 0.25) is 0 Å².